The maximum Gasteiger partial charge on any atom is 0.317 e. The molecule has 0 heterocycles. The summed E-state index contributed by atoms with van der Waals surface area (Å²) in [5.41, 5.74) is 0. The molecule has 0 saturated carbocycles. The van der Waals surface area contributed by atoms with E-state index >= 15 is 0 Å². The van der Waals surface area contributed by atoms with E-state index < -0.39 is 12.0 Å². The summed E-state index contributed by atoms with van der Waals surface area (Å²) in [5, 5.41) is 11.6. The Labute approximate surface area is 108 Å². The maximum absolute atomic E-state index is 11.8. The van der Waals surface area contributed by atoms with Gasteiger partial charge in [0.25, 0.3) is 0 Å². The number of rotatable bonds is 9. The predicted octanol–water partition coefficient (Wildman–Crippen LogP) is 0.323. The Morgan fingerprint density at radius 3 is 2.39 bits per heavy atom. The van der Waals surface area contributed by atoms with Crippen LogP contribution < -0.4 is 5.32 Å². The number of hydrogen-bond acceptors (Lipinski definition) is 4. The third-order valence-corrected chi connectivity index (χ3v) is 2.68. The monoisotopic (exact) mass is 260 g/mol. The van der Waals surface area contributed by atoms with Crippen LogP contribution in [0.4, 0.5) is 0 Å². The van der Waals surface area contributed by atoms with Gasteiger partial charge in [-0.1, -0.05) is 0 Å². The third kappa shape index (κ3) is 6.56. The van der Waals surface area contributed by atoms with Crippen molar-refractivity contribution in [2.45, 2.75) is 39.3 Å². The minimum Gasteiger partial charge on any atom is -0.480 e. The van der Waals surface area contributed by atoms with Gasteiger partial charge in [-0.15, -0.1) is 0 Å². The van der Waals surface area contributed by atoms with Crippen molar-refractivity contribution in [1.29, 1.82) is 0 Å². The quantitative estimate of drug-likeness (QED) is 0.584. The number of amides is 1. The number of ether oxygens (including phenoxy) is 1. The molecular formula is C12H24N2O4. The Hall–Kier alpha value is -1.14. The molecule has 6 nitrogen and oxygen atoms in total. The number of carbonyl (C=O) groups is 2. The summed E-state index contributed by atoms with van der Waals surface area (Å²) < 4.78 is 4.88. The van der Waals surface area contributed by atoms with Gasteiger partial charge in [-0.2, -0.15) is 0 Å². The van der Waals surface area contributed by atoms with E-state index in [9.17, 15) is 9.59 Å². The SMILES string of the molecule is COCCCNC(=O)C(C)N(CC(=O)O)C(C)C. The molecule has 0 aliphatic heterocycles. The number of nitrogens with zero attached hydrogens (tertiary/aromatic N) is 1. The lowest BCUT2D eigenvalue weighted by Crippen LogP contribution is -2.50. The smallest absolute Gasteiger partial charge is 0.317 e. The Kier molecular flexibility index (Phi) is 8.32. The summed E-state index contributed by atoms with van der Waals surface area (Å²) in [6.45, 7) is 6.46. The van der Waals surface area contributed by atoms with Crippen molar-refractivity contribution < 1.29 is 19.4 Å². The number of aliphatic carboxylic acids is 1. The van der Waals surface area contributed by atoms with Crippen molar-refractivity contribution in [3.63, 3.8) is 0 Å². The lowest BCUT2D eigenvalue weighted by Gasteiger charge is -2.30. The van der Waals surface area contributed by atoms with E-state index in [1.54, 1.807) is 18.9 Å². The van der Waals surface area contributed by atoms with Gasteiger partial charge in [-0.3, -0.25) is 14.5 Å². The third-order valence-electron chi connectivity index (χ3n) is 2.68. The summed E-state index contributed by atoms with van der Waals surface area (Å²) in [6, 6.07) is -0.454. The largest absolute Gasteiger partial charge is 0.480 e. The first kappa shape index (κ1) is 16.9. The molecule has 106 valence electrons. The minimum absolute atomic E-state index is 0.000764. The lowest BCUT2D eigenvalue weighted by molar-refractivity contribution is -0.140. The number of carbonyl (C=O) groups excluding carboxylic acids is 1. The number of hydrogen-bond donors (Lipinski definition) is 2. The molecule has 0 saturated heterocycles. The molecule has 0 radical (unpaired) electrons. The molecule has 0 rings (SSSR count). The Morgan fingerprint density at radius 1 is 1.33 bits per heavy atom. The van der Waals surface area contributed by atoms with Crippen molar-refractivity contribution in [1.82, 2.24) is 10.2 Å². The molecule has 6 heteroatoms. The molecule has 18 heavy (non-hydrogen) atoms. The van der Waals surface area contributed by atoms with Crippen LogP contribution in [0.1, 0.15) is 27.2 Å². The number of methoxy groups -OCH3 is 1. The van der Waals surface area contributed by atoms with Crippen molar-refractivity contribution in [3.05, 3.63) is 0 Å². The topological polar surface area (TPSA) is 78.9 Å². The zero-order chi connectivity index (χ0) is 14.1. The van der Waals surface area contributed by atoms with E-state index in [1.165, 1.54) is 0 Å². The predicted molar refractivity (Wildman–Crippen MR) is 68.4 cm³/mol. The van der Waals surface area contributed by atoms with E-state index in [0.717, 1.165) is 6.42 Å². The summed E-state index contributed by atoms with van der Waals surface area (Å²) >= 11 is 0. The van der Waals surface area contributed by atoms with E-state index in [0.29, 0.717) is 13.2 Å². The van der Waals surface area contributed by atoms with Gasteiger partial charge < -0.3 is 15.2 Å². The standard InChI is InChI=1S/C12H24N2O4/c1-9(2)14(8-11(15)16)10(3)12(17)13-6-5-7-18-4/h9-10H,5-8H2,1-4H3,(H,13,17)(H,15,16). The molecule has 0 fully saturated rings. The van der Waals surface area contributed by atoms with Crippen LogP contribution in [0.3, 0.4) is 0 Å². The van der Waals surface area contributed by atoms with Crippen LogP contribution in [0.25, 0.3) is 0 Å². The molecule has 0 aliphatic rings. The van der Waals surface area contributed by atoms with Crippen molar-refractivity contribution in [3.8, 4) is 0 Å². The first-order valence-corrected chi connectivity index (χ1v) is 6.14. The molecule has 1 atom stereocenters. The Bertz CT molecular complexity index is 269. The molecule has 0 aromatic heterocycles. The van der Waals surface area contributed by atoms with Crippen LogP contribution in [0.15, 0.2) is 0 Å². The Balaban J connectivity index is 4.25. The molecule has 1 amide bonds. The fourth-order valence-electron chi connectivity index (χ4n) is 1.65. The summed E-state index contributed by atoms with van der Waals surface area (Å²) in [5.74, 6) is -1.08. The van der Waals surface area contributed by atoms with Gasteiger partial charge in [0.1, 0.15) is 0 Å². The number of carboxylic acid groups (broad SMARTS) is 1. The van der Waals surface area contributed by atoms with E-state index in [1.807, 2.05) is 13.8 Å². The molecule has 0 aromatic carbocycles. The van der Waals surface area contributed by atoms with Crippen LogP contribution in [0, 0.1) is 0 Å². The number of carboxylic acids is 1. The van der Waals surface area contributed by atoms with Crippen molar-refractivity contribution >= 4 is 11.9 Å². The van der Waals surface area contributed by atoms with Crippen LogP contribution in [0.2, 0.25) is 0 Å². The van der Waals surface area contributed by atoms with Crippen LogP contribution >= 0.6 is 0 Å². The fourth-order valence-corrected chi connectivity index (χ4v) is 1.65. The van der Waals surface area contributed by atoms with E-state index in [4.69, 9.17) is 9.84 Å². The molecule has 0 aliphatic carbocycles. The molecule has 2 N–H and O–H groups in total. The zero-order valence-electron chi connectivity index (χ0n) is 11.6. The minimum atomic E-state index is -0.928. The molecule has 0 bridgehead atoms. The fraction of sp³-hybridized carbons (Fsp3) is 0.833. The van der Waals surface area contributed by atoms with Crippen LogP contribution in [-0.4, -0.2) is 60.8 Å². The molecular weight excluding hydrogens is 236 g/mol. The average molecular weight is 260 g/mol. The highest BCUT2D eigenvalue weighted by atomic mass is 16.5. The van der Waals surface area contributed by atoms with Gasteiger partial charge in [-0.25, -0.2) is 0 Å². The normalized spacial score (nSPS) is 12.8. The zero-order valence-corrected chi connectivity index (χ0v) is 11.6. The lowest BCUT2D eigenvalue weighted by atomic mass is 10.2. The average Bonchev–Trinajstić information content (AvgIpc) is 2.30. The van der Waals surface area contributed by atoms with Crippen LogP contribution in [0.5, 0.6) is 0 Å². The van der Waals surface area contributed by atoms with Crippen molar-refractivity contribution in [2.24, 2.45) is 0 Å². The van der Waals surface area contributed by atoms with Gasteiger partial charge in [0.2, 0.25) is 5.91 Å². The highest BCUT2D eigenvalue weighted by Gasteiger charge is 2.25. The Morgan fingerprint density at radius 2 is 1.94 bits per heavy atom. The van der Waals surface area contributed by atoms with Gasteiger partial charge >= 0.3 is 5.97 Å². The number of nitrogens with one attached hydrogen (secondary N) is 1. The molecule has 0 aromatic rings. The first-order valence-electron chi connectivity index (χ1n) is 6.14. The van der Waals surface area contributed by atoms with Gasteiger partial charge in [0, 0.05) is 26.3 Å². The van der Waals surface area contributed by atoms with Crippen LogP contribution in [-0.2, 0) is 14.3 Å². The summed E-state index contributed by atoms with van der Waals surface area (Å²) in [4.78, 5) is 24.2. The van der Waals surface area contributed by atoms with Gasteiger partial charge in [-0.05, 0) is 27.2 Å². The summed E-state index contributed by atoms with van der Waals surface area (Å²) in [7, 11) is 1.61. The summed E-state index contributed by atoms with van der Waals surface area (Å²) in [6.07, 6.45) is 0.746. The molecule has 0 spiro atoms. The highest BCUT2D eigenvalue weighted by Crippen LogP contribution is 2.05. The van der Waals surface area contributed by atoms with Gasteiger partial charge in [0.15, 0.2) is 0 Å². The highest BCUT2D eigenvalue weighted by molar-refractivity contribution is 5.82. The van der Waals surface area contributed by atoms with Gasteiger partial charge in [0.05, 0.1) is 12.6 Å². The second kappa shape index (κ2) is 8.88. The second-order valence-electron chi connectivity index (χ2n) is 4.47. The van der Waals surface area contributed by atoms with Crippen molar-refractivity contribution in [2.75, 3.05) is 26.8 Å². The second-order valence-corrected chi connectivity index (χ2v) is 4.47. The molecule has 1 unspecified atom stereocenters. The van der Waals surface area contributed by atoms with E-state index in [2.05, 4.69) is 5.32 Å². The maximum atomic E-state index is 11.8. The van der Waals surface area contributed by atoms with E-state index in [-0.39, 0.29) is 18.5 Å². The first-order chi connectivity index (χ1) is 8.40.